The molecule has 7 nitrogen and oxygen atoms in total. The maximum absolute atomic E-state index is 10.9. The van der Waals surface area contributed by atoms with Crippen molar-refractivity contribution in [1.82, 2.24) is 9.97 Å². The minimum absolute atomic E-state index is 0.0670. The highest BCUT2D eigenvalue weighted by Crippen LogP contribution is 2.25. The molecule has 1 rings (SSSR count). The second-order valence-electron chi connectivity index (χ2n) is 3.68. The van der Waals surface area contributed by atoms with Gasteiger partial charge in [-0.3, -0.25) is 10.1 Å². The van der Waals surface area contributed by atoms with Crippen molar-refractivity contribution in [3.8, 4) is 0 Å². The van der Waals surface area contributed by atoms with Crippen LogP contribution in [0.15, 0.2) is 6.20 Å². The van der Waals surface area contributed by atoms with E-state index in [1.165, 1.54) is 6.20 Å². The molecule has 17 heavy (non-hydrogen) atoms. The molecule has 0 aliphatic rings. The number of nitrogens with zero attached hydrogens (tertiary/aromatic N) is 4. The van der Waals surface area contributed by atoms with E-state index in [1.54, 1.807) is 19.0 Å². The number of hydrogen-bond acceptors (Lipinski definition) is 6. The summed E-state index contributed by atoms with van der Waals surface area (Å²) in [6, 6.07) is 0. The first-order chi connectivity index (χ1) is 8.10. The summed E-state index contributed by atoms with van der Waals surface area (Å²) in [5.74, 6) is 0.733. The second-order valence-corrected chi connectivity index (χ2v) is 3.68. The molecule has 0 saturated carbocycles. The van der Waals surface area contributed by atoms with E-state index in [0.717, 1.165) is 19.4 Å². The van der Waals surface area contributed by atoms with Crippen molar-refractivity contribution < 1.29 is 4.92 Å². The number of hydrogen-bond donors (Lipinski definition) is 1. The number of nitrogens with one attached hydrogen (secondary N) is 1. The van der Waals surface area contributed by atoms with Gasteiger partial charge in [-0.15, -0.1) is 0 Å². The molecule has 0 unspecified atom stereocenters. The van der Waals surface area contributed by atoms with E-state index in [-0.39, 0.29) is 5.69 Å². The fraction of sp³-hybridized carbons (Fsp3) is 0.600. The van der Waals surface area contributed by atoms with Crippen LogP contribution in [0.4, 0.5) is 17.5 Å². The Morgan fingerprint density at radius 2 is 2.29 bits per heavy atom. The average molecular weight is 239 g/mol. The van der Waals surface area contributed by atoms with Gasteiger partial charge < -0.3 is 10.2 Å². The molecular formula is C10H17N5O2. The Balaban J connectivity index is 3.03. The van der Waals surface area contributed by atoms with Gasteiger partial charge in [0.1, 0.15) is 6.20 Å². The van der Waals surface area contributed by atoms with Crippen LogP contribution in [0.25, 0.3) is 0 Å². The third-order valence-corrected chi connectivity index (χ3v) is 2.38. The predicted octanol–water partition coefficient (Wildman–Crippen LogP) is 1.66. The molecule has 0 radical (unpaired) electrons. The Morgan fingerprint density at radius 1 is 1.59 bits per heavy atom. The normalized spacial score (nSPS) is 10.1. The molecule has 0 aliphatic carbocycles. The van der Waals surface area contributed by atoms with Crippen molar-refractivity contribution in [3.63, 3.8) is 0 Å². The maximum Gasteiger partial charge on any atom is 0.329 e. The Labute approximate surface area is 100 Å². The lowest BCUT2D eigenvalue weighted by molar-refractivity contribution is -0.384. The number of nitro groups is 1. The smallest absolute Gasteiger partial charge is 0.329 e. The molecule has 1 N–H and O–H groups in total. The standard InChI is InChI=1S/C10H17N5O2/c1-4-5-6-14(3)9-8(15(16)17)7-12-10(11-2)13-9/h7H,4-6H2,1-3H3,(H,11,12,13). The summed E-state index contributed by atoms with van der Waals surface area (Å²) >= 11 is 0. The fourth-order valence-electron chi connectivity index (χ4n) is 1.40. The SMILES string of the molecule is CCCCN(C)c1nc(NC)ncc1[N+](=O)[O-]. The van der Waals surface area contributed by atoms with Gasteiger partial charge in [-0.2, -0.15) is 4.98 Å². The van der Waals surface area contributed by atoms with E-state index in [9.17, 15) is 10.1 Å². The van der Waals surface area contributed by atoms with E-state index >= 15 is 0 Å². The molecule has 0 atom stereocenters. The number of aromatic nitrogens is 2. The predicted molar refractivity (Wildman–Crippen MR) is 66.4 cm³/mol. The second kappa shape index (κ2) is 5.97. The Morgan fingerprint density at radius 3 is 2.82 bits per heavy atom. The first kappa shape index (κ1) is 13.1. The summed E-state index contributed by atoms with van der Waals surface area (Å²) in [5.41, 5.74) is -0.0670. The van der Waals surface area contributed by atoms with Crippen LogP contribution in [0.5, 0.6) is 0 Å². The van der Waals surface area contributed by atoms with Crippen molar-refractivity contribution in [2.24, 2.45) is 0 Å². The van der Waals surface area contributed by atoms with Crippen LogP contribution in [0, 0.1) is 10.1 Å². The van der Waals surface area contributed by atoms with E-state index in [4.69, 9.17) is 0 Å². The van der Waals surface area contributed by atoms with Crippen LogP contribution in [-0.4, -0.2) is 35.5 Å². The van der Waals surface area contributed by atoms with Crippen molar-refractivity contribution in [2.75, 3.05) is 30.9 Å². The average Bonchev–Trinajstić information content (AvgIpc) is 2.34. The summed E-state index contributed by atoms with van der Waals surface area (Å²) in [4.78, 5) is 20.2. The maximum atomic E-state index is 10.9. The number of rotatable bonds is 6. The Bertz CT molecular complexity index is 396. The monoisotopic (exact) mass is 239 g/mol. The van der Waals surface area contributed by atoms with Crippen LogP contribution < -0.4 is 10.2 Å². The molecule has 0 spiro atoms. The van der Waals surface area contributed by atoms with E-state index in [1.807, 2.05) is 0 Å². The molecule has 0 aromatic carbocycles. The lowest BCUT2D eigenvalue weighted by Crippen LogP contribution is -2.21. The molecule has 0 amide bonds. The summed E-state index contributed by atoms with van der Waals surface area (Å²) in [5, 5.41) is 13.7. The van der Waals surface area contributed by atoms with E-state index < -0.39 is 4.92 Å². The quantitative estimate of drug-likeness (QED) is 0.600. The summed E-state index contributed by atoms with van der Waals surface area (Å²) < 4.78 is 0. The van der Waals surface area contributed by atoms with Crippen LogP contribution in [0.1, 0.15) is 19.8 Å². The molecule has 7 heteroatoms. The van der Waals surface area contributed by atoms with Crippen molar-refractivity contribution in [3.05, 3.63) is 16.3 Å². The molecule has 1 aromatic rings. The lowest BCUT2D eigenvalue weighted by atomic mass is 10.3. The highest BCUT2D eigenvalue weighted by molar-refractivity contribution is 5.58. The summed E-state index contributed by atoms with van der Waals surface area (Å²) in [6.07, 6.45) is 3.23. The third-order valence-electron chi connectivity index (χ3n) is 2.38. The molecular weight excluding hydrogens is 222 g/mol. The van der Waals surface area contributed by atoms with Gasteiger partial charge in [0.2, 0.25) is 11.8 Å². The zero-order chi connectivity index (χ0) is 12.8. The molecule has 0 bridgehead atoms. The van der Waals surface area contributed by atoms with Crippen molar-refractivity contribution >= 4 is 17.5 Å². The largest absolute Gasteiger partial charge is 0.357 e. The van der Waals surface area contributed by atoms with Crippen LogP contribution in [0.3, 0.4) is 0 Å². The van der Waals surface area contributed by atoms with Crippen LogP contribution in [-0.2, 0) is 0 Å². The van der Waals surface area contributed by atoms with Gasteiger partial charge >= 0.3 is 5.69 Å². The van der Waals surface area contributed by atoms with Crippen molar-refractivity contribution in [2.45, 2.75) is 19.8 Å². The first-order valence-corrected chi connectivity index (χ1v) is 5.50. The Hall–Kier alpha value is -1.92. The highest BCUT2D eigenvalue weighted by Gasteiger charge is 2.20. The molecule has 94 valence electrons. The van der Waals surface area contributed by atoms with Crippen LogP contribution in [0.2, 0.25) is 0 Å². The third kappa shape index (κ3) is 3.27. The van der Waals surface area contributed by atoms with Gasteiger partial charge in [-0.25, -0.2) is 4.98 Å². The van der Waals surface area contributed by atoms with Gasteiger partial charge in [-0.05, 0) is 6.42 Å². The Kier molecular flexibility index (Phi) is 4.62. The zero-order valence-corrected chi connectivity index (χ0v) is 10.3. The molecule has 0 saturated heterocycles. The molecule has 1 aromatic heterocycles. The van der Waals surface area contributed by atoms with E-state index in [2.05, 4.69) is 22.2 Å². The van der Waals surface area contributed by atoms with Gasteiger partial charge in [0.05, 0.1) is 4.92 Å². The minimum Gasteiger partial charge on any atom is -0.357 e. The van der Waals surface area contributed by atoms with Gasteiger partial charge in [0, 0.05) is 20.6 Å². The van der Waals surface area contributed by atoms with Gasteiger partial charge in [0.15, 0.2) is 0 Å². The van der Waals surface area contributed by atoms with Crippen molar-refractivity contribution in [1.29, 1.82) is 0 Å². The zero-order valence-electron chi connectivity index (χ0n) is 10.3. The minimum atomic E-state index is -0.461. The fourth-order valence-corrected chi connectivity index (χ4v) is 1.40. The lowest BCUT2D eigenvalue weighted by Gasteiger charge is -2.17. The summed E-state index contributed by atoms with van der Waals surface area (Å²) in [6.45, 7) is 2.80. The molecule has 0 fully saturated rings. The molecule has 0 aliphatic heterocycles. The topological polar surface area (TPSA) is 84.2 Å². The first-order valence-electron chi connectivity index (χ1n) is 5.50. The van der Waals surface area contributed by atoms with Gasteiger partial charge in [-0.1, -0.05) is 13.3 Å². The number of unbranched alkanes of at least 4 members (excludes halogenated alkanes) is 1. The van der Waals surface area contributed by atoms with Gasteiger partial charge in [0.25, 0.3) is 0 Å². The summed E-state index contributed by atoms with van der Waals surface area (Å²) in [7, 11) is 3.47. The highest BCUT2D eigenvalue weighted by atomic mass is 16.6. The van der Waals surface area contributed by atoms with E-state index in [0.29, 0.717) is 11.8 Å². The van der Waals surface area contributed by atoms with Crippen LogP contribution >= 0.6 is 0 Å². The number of anilines is 2. The molecule has 1 heterocycles.